The Morgan fingerprint density at radius 1 is 1.36 bits per heavy atom. The Bertz CT molecular complexity index is 132. The highest BCUT2D eigenvalue weighted by Crippen LogP contribution is 2.06. The molecule has 0 heterocycles. The number of aliphatic hydroxyl groups is 3. The van der Waals surface area contributed by atoms with Crippen LogP contribution in [0.3, 0.4) is 0 Å². The highest BCUT2D eigenvalue weighted by molar-refractivity contribution is 5.84. The van der Waals surface area contributed by atoms with Gasteiger partial charge in [-0.3, -0.25) is 4.79 Å². The SMILES string of the molecule is CC(C)[C@H](O)[C@@H](O)C(=O)CO. The smallest absolute Gasteiger partial charge is 0.189 e. The average molecular weight is 162 g/mol. The summed E-state index contributed by atoms with van der Waals surface area (Å²) in [5.41, 5.74) is 0. The van der Waals surface area contributed by atoms with Crippen LogP contribution in [0.5, 0.6) is 0 Å². The van der Waals surface area contributed by atoms with Crippen molar-refractivity contribution >= 4 is 5.78 Å². The molecule has 0 saturated carbocycles. The molecule has 0 spiro atoms. The molecule has 4 nitrogen and oxygen atoms in total. The van der Waals surface area contributed by atoms with E-state index in [0.717, 1.165) is 0 Å². The van der Waals surface area contributed by atoms with Crippen molar-refractivity contribution in [1.82, 2.24) is 0 Å². The van der Waals surface area contributed by atoms with E-state index < -0.39 is 24.6 Å². The van der Waals surface area contributed by atoms with Crippen molar-refractivity contribution in [2.75, 3.05) is 6.61 Å². The molecule has 0 radical (unpaired) electrons. The maximum absolute atomic E-state index is 10.6. The van der Waals surface area contributed by atoms with E-state index in [9.17, 15) is 4.79 Å². The van der Waals surface area contributed by atoms with Gasteiger partial charge in [0, 0.05) is 0 Å². The second kappa shape index (κ2) is 4.43. The van der Waals surface area contributed by atoms with E-state index in [1.165, 1.54) is 0 Å². The van der Waals surface area contributed by atoms with Crippen LogP contribution in [0.25, 0.3) is 0 Å². The molecule has 4 heteroatoms. The summed E-state index contributed by atoms with van der Waals surface area (Å²) in [6, 6.07) is 0. The molecule has 0 fully saturated rings. The fourth-order valence-electron chi connectivity index (χ4n) is 0.649. The van der Waals surface area contributed by atoms with Crippen molar-refractivity contribution in [2.24, 2.45) is 5.92 Å². The number of aliphatic hydroxyl groups excluding tert-OH is 3. The predicted octanol–water partition coefficient (Wildman–Crippen LogP) is -1.07. The van der Waals surface area contributed by atoms with Crippen LogP contribution in [-0.4, -0.2) is 39.9 Å². The van der Waals surface area contributed by atoms with Crippen molar-refractivity contribution in [2.45, 2.75) is 26.1 Å². The molecule has 0 rings (SSSR count). The molecule has 0 aromatic carbocycles. The van der Waals surface area contributed by atoms with Gasteiger partial charge in [0.1, 0.15) is 12.7 Å². The predicted molar refractivity (Wildman–Crippen MR) is 38.9 cm³/mol. The summed E-state index contributed by atoms with van der Waals surface area (Å²) in [4.78, 5) is 10.6. The normalized spacial score (nSPS) is 16.5. The molecule has 0 saturated heterocycles. The lowest BCUT2D eigenvalue weighted by atomic mass is 9.99. The van der Waals surface area contributed by atoms with Gasteiger partial charge >= 0.3 is 0 Å². The van der Waals surface area contributed by atoms with Gasteiger partial charge in [-0.1, -0.05) is 13.8 Å². The summed E-state index contributed by atoms with van der Waals surface area (Å²) >= 11 is 0. The molecule has 0 aliphatic heterocycles. The minimum Gasteiger partial charge on any atom is -0.390 e. The molecule has 11 heavy (non-hydrogen) atoms. The van der Waals surface area contributed by atoms with E-state index in [0.29, 0.717) is 0 Å². The standard InChI is InChI=1S/C7H14O4/c1-4(2)6(10)7(11)5(9)3-8/h4,6-8,10-11H,3H2,1-2H3/t6-,7-/m0/s1. The lowest BCUT2D eigenvalue weighted by Gasteiger charge is -2.18. The first-order valence-electron chi connectivity index (χ1n) is 3.50. The van der Waals surface area contributed by atoms with E-state index in [-0.39, 0.29) is 5.92 Å². The van der Waals surface area contributed by atoms with Crippen LogP contribution in [0.15, 0.2) is 0 Å². The van der Waals surface area contributed by atoms with Crippen LogP contribution in [0.4, 0.5) is 0 Å². The van der Waals surface area contributed by atoms with Gasteiger partial charge in [-0.15, -0.1) is 0 Å². The number of carbonyl (C=O) groups is 1. The minimum absolute atomic E-state index is 0.194. The van der Waals surface area contributed by atoms with Gasteiger partial charge in [-0.2, -0.15) is 0 Å². The second-order valence-corrected chi connectivity index (χ2v) is 2.80. The lowest BCUT2D eigenvalue weighted by Crippen LogP contribution is -2.38. The van der Waals surface area contributed by atoms with Crippen molar-refractivity contribution in [1.29, 1.82) is 0 Å². The first-order valence-corrected chi connectivity index (χ1v) is 3.50. The fraction of sp³-hybridized carbons (Fsp3) is 0.857. The number of carbonyl (C=O) groups excluding carboxylic acids is 1. The van der Waals surface area contributed by atoms with E-state index in [1.807, 2.05) is 0 Å². The summed E-state index contributed by atoms with van der Waals surface area (Å²) < 4.78 is 0. The molecule has 0 aromatic heterocycles. The Balaban J connectivity index is 4.01. The second-order valence-electron chi connectivity index (χ2n) is 2.80. The number of Topliss-reactive ketones (excluding diaryl/α,β-unsaturated/α-hetero) is 1. The Kier molecular flexibility index (Phi) is 4.25. The monoisotopic (exact) mass is 162 g/mol. The summed E-state index contributed by atoms with van der Waals surface area (Å²) in [7, 11) is 0. The molecular formula is C7H14O4. The van der Waals surface area contributed by atoms with E-state index in [1.54, 1.807) is 13.8 Å². The largest absolute Gasteiger partial charge is 0.390 e. The number of hydrogen-bond acceptors (Lipinski definition) is 4. The fourth-order valence-corrected chi connectivity index (χ4v) is 0.649. The van der Waals surface area contributed by atoms with Gasteiger partial charge in [0.15, 0.2) is 5.78 Å². The van der Waals surface area contributed by atoms with Gasteiger partial charge in [0.25, 0.3) is 0 Å². The van der Waals surface area contributed by atoms with Crippen LogP contribution < -0.4 is 0 Å². The molecule has 0 aromatic rings. The Hall–Kier alpha value is -0.450. The van der Waals surface area contributed by atoms with Crippen LogP contribution in [0, 0.1) is 5.92 Å². The highest BCUT2D eigenvalue weighted by Gasteiger charge is 2.25. The van der Waals surface area contributed by atoms with Gasteiger partial charge in [-0.05, 0) is 5.92 Å². The zero-order valence-corrected chi connectivity index (χ0v) is 6.69. The molecule has 0 amide bonds. The molecule has 2 atom stereocenters. The first kappa shape index (κ1) is 10.6. The molecule has 3 N–H and O–H groups in total. The molecule has 66 valence electrons. The molecule has 0 aliphatic rings. The van der Waals surface area contributed by atoms with Crippen molar-refractivity contribution in [3.8, 4) is 0 Å². The average Bonchev–Trinajstić information content (AvgIpc) is 2.00. The van der Waals surface area contributed by atoms with Gasteiger partial charge in [-0.25, -0.2) is 0 Å². The lowest BCUT2D eigenvalue weighted by molar-refractivity contribution is -0.137. The molecule has 0 aliphatic carbocycles. The number of ketones is 1. The van der Waals surface area contributed by atoms with Crippen LogP contribution in [-0.2, 0) is 4.79 Å². The van der Waals surface area contributed by atoms with E-state index >= 15 is 0 Å². The summed E-state index contributed by atoms with van der Waals surface area (Å²) in [6.07, 6.45) is -2.55. The first-order chi connectivity index (χ1) is 5.00. The van der Waals surface area contributed by atoms with Crippen molar-refractivity contribution < 1.29 is 20.1 Å². The van der Waals surface area contributed by atoms with Crippen molar-refractivity contribution in [3.63, 3.8) is 0 Å². The van der Waals surface area contributed by atoms with Crippen LogP contribution in [0.1, 0.15) is 13.8 Å². The van der Waals surface area contributed by atoms with Gasteiger partial charge in [0.05, 0.1) is 6.10 Å². The molecule has 0 unspecified atom stereocenters. The third-order valence-corrected chi connectivity index (χ3v) is 1.49. The van der Waals surface area contributed by atoms with Crippen LogP contribution >= 0.6 is 0 Å². The van der Waals surface area contributed by atoms with E-state index in [4.69, 9.17) is 15.3 Å². The van der Waals surface area contributed by atoms with Crippen molar-refractivity contribution in [3.05, 3.63) is 0 Å². The Morgan fingerprint density at radius 3 is 2.09 bits per heavy atom. The third-order valence-electron chi connectivity index (χ3n) is 1.49. The maximum Gasteiger partial charge on any atom is 0.189 e. The molecular weight excluding hydrogens is 148 g/mol. The number of rotatable bonds is 4. The Morgan fingerprint density at radius 2 is 1.82 bits per heavy atom. The van der Waals surface area contributed by atoms with E-state index in [2.05, 4.69) is 0 Å². The highest BCUT2D eigenvalue weighted by atomic mass is 16.3. The number of hydrogen-bond donors (Lipinski definition) is 3. The third kappa shape index (κ3) is 2.96. The van der Waals surface area contributed by atoms with Crippen LogP contribution in [0.2, 0.25) is 0 Å². The zero-order chi connectivity index (χ0) is 9.02. The maximum atomic E-state index is 10.6. The minimum atomic E-state index is -1.46. The zero-order valence-electron chi connectivity index (χ0n) is 6.69. The van der Waals surface area contributed by atoms with Gasteiger partial charge in [0.2, 0.25) is 0 Å². The molecule has 0 bridgehead atoms. The summed E-state index contributed by atoms with van der Waals surface area (Å²) in [5.74, 6) is -0.938. The Labute approximate surface area is 65.5 Å². The van der Waals surface area contributed by atoms with Gasteiger partial charge < -0.3 is 15.3 Å². The summed E-state index contributed by atoms with van der Waals surface area (Å²) in [6.45, 7) is 2.63. The summed E-state index contributed by atoms with van der Waals surface area (Å²) in [5, 5.41) is 26.4. The topological polar surface area (TPSA) is 77.8 Å². The quantitative estimate of drug-likeness (QED) is 0.491.